The Labute approximate surface area is 159 Å². The summed E-state index contributed by atoms with van der Waals surface area (Å²) in [7, 11) is 0. The van der Waals surface area contributed by atoms with Crippen molar-refractivity contribution in [1.29, 1.82) is 0 Å². The molecule has 0 radical (unpaired) electrons. The van der Waals surface area contributed by atoms with Crippen molar-refractivity contribution in [3.8, 4) is 11.4 Å². The number of hydrogen-bond donors (Lipinski definition) is 1. The molecular weight excluding hydrogens is 351 g/mol. The topological polar surface area (TPSA) is 28.7 Å². The highest BCUT2D eigenvalue weighted by Crippen LogP contribution is 2.61. The second-order valence-electron chi connectivity index (χ2n) is 8.80. The zero-order valence-electron chi connectivity index (χ0n) is 14.4. The van der Waals surface area contributed by atoms with E-state index < -0.39 is 0 Å². The predicted octanol–water partition coefficient (Wildman–Crippen LogP) is 6.53. The Balaban J connectivity index is 1.30. The Bertz CT molecular complexity index is 760. The van der Waals surface area contributed by atoms with Crippen LogP contribution in [0.15, 0.2) is 24.4 Å². The summed E-state index contributed by atoms with van der Waals surface area (Å²) in [5.41, 5.74) is 2.78. The van der Waals surface area contributed by atoms with Crippen molar-refractivity contribution in [2.45, 2.75) is 51.4 Å². The van der Waals surface area contributed by atoms with Gasteiger partial charge in [-0.2, -0.15) is 0 Å². The number of aromatic nitrogens is 2. The van der Waals surface area contributed by atoms with E-state index in [1.807, 2.05) is 18.3 Å². The number of H-pyrrole nitrogens is 1. The maximum absolute atomic E-state index is 6.32. The number of aryl methyl sites for hydroxylation is 1. The molecule has 4 bridgehead atoms. The molecule has 0 unspecified atom stereocenters. The lowest BCUT2D eigenvalue weighted by atomic mass is 9.48. The predicted molar refractivity (Wildman–Crippen MR) is 103 cm³/mol. The minimum absolute atomic E-state index is 0.623. The molecule has 132 valence electrons. The molecule has 0 spiro atoms. The lowest BCUT2D eigenvalue weighted by Crippen LogP contribution is -2.46. The molecule has 25 heavy (non-hydrogen) atoms. The van der Waals surface area contributed by atoms with Gasteiger partial charge in [0.1, 0.15) is 5.82 Å². The number of hydrogen-bond acceptors (Lipinski definition) is 1. The third kappa shape index (κ3) is 3.02. The lowest BCUT2D eigenvalue weighted by molar-refractivity contribution is -0.0570. The molecule has 4 aliphatic rings. The van der Waals surface area contributed by atoms with Crippen molar-refractivity contribution in [3.63, 3.8) is 0 Å². The Morgan fingerprint density at radius 2 is 1.72 bits per heavy atom. The maximum atomic E-state index is 6.32. The minimum atomic E-state index is 0.623. The van der Waals surface area contributed by atoms with E-state index >= 15 is 0 Å². The van der Waals surface area contributed by atoms with Crippen LogP contribution in [0.25, 0.3) is 11.4 Å². The molecule has 4 aliphatic carbocycles. The molecule has 0 atom stereocenters. The number of aromatic amines is 1. The van der Waals surface area contributed by atoms with Crippen LogP contribution < -0.4 is 0 Å². The number of nitrogens with one attached hydrogen (secondary N) is 1. The Morgan fingerprint density at radius 1 is 1.04 bits per heavy atom. The van der Waals surface area contributed by atoms with Gasteiger partial charge in [0.15, 0.2) is 0 Å². The number of imidazole rings is 1. The minimum Gasteiger partial charge on any atom is -0.342 e. The van der Waals surface area contributed by atoms with Gasteiger partial charge in [-0.3, -0.25) is 0 Å². The molecule has 0 amide bonds. The number of nitrogens with zero attached hydrogens (tertiary/aromatic N) is 1. The molecule has 1 heterocycles. The van der Waals surface area contributed by atoms with Crippen molar-refractivity contribution in [3.05, 3.63) is 40.1 Å². The highest BCUT2D eigenvalue weighted by atomic mass is 35.5. The molecular formula is C21H24Cl2N2. The Morgan fingerprint density at radius 3 is 2.36 bits per heavy atom. The van der Waals surface area contributed by atoms with Gasteiger partial charge < -0.3 is 4.98 Å². The summed E-state index contributed by atoms with van der Waals surface area (Å²) >= 11 is 12.3. The van der Waals surface area contributed by atoms with Crippen molar-refractivity contribution in [2.24, 2.45) is 23.2 Å². The fraction of sp³-hybridized carbons (Fsp3) is 0.571. The molecule has 2 nitrogen and oxygen atoms in total. The standard InChI is InChI=1S/C21H24Cl2N2/c22-16-1-2-18(19(23)8-16)20-24-12-17(25-20)3-4-21-9-13-5-14(10-21)7-15(6-13)11-21/h1-2,8,12-15H,3-7,9-11H2,(H,24,25). The normalized spacial score (nSPS) is 33.1. The fourth-order valence-corrected chi connectivity index (χ4v) is 6.80. The molecule has 4 fully saturated rings. The van der Waals surface area contributed by atoms with E-state index in [9.17, 15) is 0 Å². The molecule has 4 saturated carbocycles. The lowest BCUT2D eigenvalue weighted by Gasteiger charge is -2.57. The first-order valence-corrected chi connectivity index (χ1v) is 10.3. The van der Waals surface area contributed by atoms with Crippen molar-refractivity contribution >= 4 is 23.2 Å². The Kier molecular flexibility index (Phi) is 3.91. The van der Waals surface area contributed by atoms with Crippen molar-refractivity contribution in [1.82, 2.24) is 9.97 Å². The van der Waals surface area contributed by atoms with Crippen LogP contribution in [0.1, 0.15) is 50.6 Å². The average molecular weight is 375 g/mol. The van der Waals surface area contributed by atoms with Crippen molar-refractivity contribution < 1.29 is 0 Å². The van der Waals surface area contributed by atoms with Crippen LogP contribution in [0.3, 0.4) is 0 Å². The van der Waals surface area contributed by atoms with Crippen LogP contribution >= 0.6 is 23.2 Å². The molecule has 1 aromatic heterocycles. The number of rotatable bonds is 4. The summed E-state index contributed by atoms with van der Waals surface area (Å²) in [5.74, 6) is 3.92. The summed E-state index contributed by atoms with van der Waals surface area (Å²) in [6, 6.07) is 5.57. The third-order valence-corrected chi connectivity index (χ3v) is 7.45. The smallest absolute Gasteiger partial charge is 0.138 e. The van der Waals surface area contributed by atoms with Crippen LogP contribution in [0.5, 0.6) is 0 Å². The second kappa shape index (κ2) is 6.03. The van der Waals surface area contributed by atoms with Gasteiger partial charge in [0.2, 0.25) is 0 Å². The zero-order chi connectivity index (χ0) is 17.0. The van der Waals surface area contributed by atoms with Crippen molar-refractivity contribution in [2.75, 3.05) is 0 Å². The van der Waals surface area contributed by atoms with Gasteiger partial charge in [-0.1, -0.05) is 23.2 Å². The van der Waals surface area contributed by atoms with E-state index in [2.05, 4.69) is 9.97 Å². The largest absolute Gasteiger partial charge is 0.342 e. The van der Waals surface area contributed by atoms with E-state index in [0.717, 1.165) is 35.6 Å². The molecule has 0 saturated heterocycles. The van der Waals surface area contributed by atoms with Gasteiger partial charge in [-0.25, -0.2) is 4.98 Å². The van der Waals surface area contributed by atoms with E-state index in [1.54, 1.807) is 6.07 Å². The number of halogens is 2. The molecule has 2 aromatic rings. The Hall–Kier alpha value is -0.990. The summed E-state index contributed by atoms with van der Waals surface area (Å²) in [5, 5.41) is 1.30. The summed E-state index contributed by atoms with van der Waals surface area (Å²) < 4.78 is 0. The van der Waals surface area contributed by atoms with Gasteiger partial charge >= 0.3 is 0 Å². The molecule has 1 N–H and O–H groups in total. The van der Waals surface area contributed by atoms with E-state index in [4.69, 9.17) is 23.2 Å². The average Bonchev–Trinajstić information content (AvgIpc) is 3.00. The second-order valence-corrected chi connectivity index (χ2v) is 9.64. The fourth-order valence-electron chi connectivity index (χ4n) is 6.30. The maximum Gasteiger partial charge on any atom is 0.138 e. The SMILES string of the molecule is Clc1ccc(-c2ncc(CCC34CC5CC(CC(C5)C3)C4)[nH]2)c(Cl)c1. The van der Waals surface area contributed by atoms with Crippen LogP contribution in [0.2, 0.25) is 10.0 Å². The monoisotopic (exact) mass is 374 g/mol. The van der Waals surface area contributed by atoms with Gasteiger partial charge in [-0.05, 0) is 92.7 Å². The highest BCUT2D eigenvalue weighted by Gasteiger charge is 2.50. The van der Waals surface area contributed by atoms with E-state index in [1.165, 1.54) is 50.6 Å². The first-order valence-electron chi connectivity index (χ1n) is 9.58. The summed E-state index contributed by atoms with van der Waals surface area (Å²) in [6.45, 7) is 0. The van der Waals surface area contributed by atoms with Gasteiger partial charge in [0.25, 0.3) is 0 Å². The highest BCUT2D eigenvalue weighted by molar-refractivity contribution is 6.36. The third-order valence-electron chi connectivity index (χ3n) is 6.90. The molecule has 6 rings (SSSR count). The van der Waals surface area contributed by atoms with Crippen LogP contribution in [-0.2, 0) is 6.42 Å². The quantitative estimate of drug-likeness (QED) is 0.646. The van der Waals surface area contributed by atoms with E-state index in [-0.39, 0.29) is 0 Å². The molecule has 0 aliphatic heterocycles. The zero-order valence-corrected chi connectivity index (χ0v) is 15.9. The van der Waals surface area contributed by atoms with Crippen LogP contribution in [-0.4, -0.2) is 9.97 Å². The first kappa shape index (κ1) is 16.2. The van der Waals surface area contributed by atoms with Crippen LogP contribution in [0.4, 0.5) is 0 Å². The number of benzene rings is 1. The van der Waals surface area contributed by atoms with Crippen LogP contribution in [0, 0.1) is 23.2 Å². The summed E-state index contributed by atoms with van der Waals surface area (Å²) in [6.07, 6.45) is 13.4. The molecule has 4 heteroatoms. The van der Waals surface area contributed by atoms with Gasteiger partial charge in [0.05, 0.1) is 5.02 Å². The molecule has 1 aromatic carbocycles. The van der Waals surface area contributed by atoms with E-state index in [0.29, 0.717) is 15.5 Å². The first-order chi connectivity index (χ1) is 12.1. The summed E-state index contributed by atoms with van der Waals surface area (Å²) in [4.78, 5) is 8.04. The van der Waals surface area contributed by atoms with Gasteiger partial charge in [0, 0.05) is 22.5 Å². The van der Waals surface area contributed by atoms with Gasteiger partial charge in [-0.15, -0.1) is 0 Å².